The van der Waals surface area contributed by atoms with Crippen molar-refractivity contribution < 1.29 is 14.7 Å². The minimum absolute atomic E-state index is 0.416. The van der Waals surface area contributed by atoms with E-state index < -0.39 is 17.5 Å². The molecule has 1 heterocycles. The van der Waals surface area contributed by atoms with E-state index in [0.717, 1.165) is 17.8 Å². The summed E-state index contributed by atoms with van der Waals surface area (Å²) in [4.78, 5) is 27.1. The van der Waals surface area contributed by atoms with Gasteiger partial charge in [0.2, 0.25) is 0 Å². The highest BCUT2D eigenvalue weighted by Crippen LogP contribution is 2.29. The predicted molar refractivity (Wildman–Crippen MR) is 71.2 cm³/mol. The molecular weight excluding hydrogens is 266 g/mol. The zero-order valence-electron chi connectivity index (χ0n) is 10.5. The Morgan fingerprint density at radius 2 is 2.16 bits per heavy atom. The lowest BCUT2D eigenvalue weighted by atomic mass is 9.98. The van der Waals surface area contributed by atoms with E-state index in [1.54, 1.807) is 6.20 Å². The number of amides is 2. The van der Waals surface area contributed by atoms with Crippen LogP contribution < -0.4 is 10.6 Å². The Morgan fingerprint density at radius 3 is 2.74 bits per heavy atom. The van der Waals surface area contributed by atoms with E-state index in [-0.39, 0.29) is 0 Å². The van der Waals surface area contributed by atoms with Gasteiger partial charge in [-0.1, -0.05) is 12.8 Å². The van der Waals surface area contributed by atoms with Crippen molar-refractivity contribution >= 4 is 23.3 Å². The fourth-order valence-corrected chi connectivity index (χ4v) is 2.91. The maximum atomic E-state index is 11.7. The third-order valence-electron chi connectivity index (χ3n) is 3.33. The number of carboxylic acid groups (broad SMARTS) is 1. The lowest BCUT2D eigenvalue weighted by Crippen LogP contribution is -2.55. The van der Waals surface area contributed by atoms with E-state index in [1.807, 2.05) is 5.38 Å². The van der Waals surface area contributed by atoms with Crippen molar-refractivity contribution in [2.75, 3.05) is 6.54 Å². The molecule has 0 aromatic carbocycles. The minimum Gasteiger partial charge on any atom is -0.480 e. The number of hydrogen-bond donors (Lipinski definition) is 3. The maximum absolute atomic E-state index is 11.7. The molecule has 1 aromatic rings. The molecule has 7 heteroatoms. The minimum atomic E-state index is -1.08. The molecule has 0 atom stereocenters. The van der Waals surface area contributed by atoms with Crippen molar-refractivity contribution in [3.05, 3.63) is 16.6 Å². The number of aromatic nitrogens is 1. The molecule has 6 nitrogen and oxygen atoms in total. The number of hydrogen-bond acceptors (Lipinski definition) is 4. The lowest BCUT2D eigenvalue weighted by molar-refractivity contribution is -0.144. The normalized spacial score (nSPS) is 17.1. The monoisotopic (exact) mass is 283 g/mol. The average molecular weight is 283 g/mol. The number of carbonyl (C=O) groups excluding carboxylic acids is 1. The summed E-state index contributed by atoms with van der Waals surface area (Å²) < 4.78 is 0. The smallest absolute Gasteiger partial charge is 0.329 e. The van der Waals surface area contributed by atoms with Gasteiger partial charge in [0.05, 0.1) is 5.01 Å². The molecule has 0 bridgehead atoms. The Kier molecular flexibility index (Phi) is 4.36. The van der Waals surface area contributed by atoms with Crippen molar-refractivity contribution in [2.45, 2.75) is 37.6 Å². The van der Waals surface area contributed by atoms with Crippen LogP contribution in [0, 0.1) is 0 Å². The van der Waals surface area contributed by atoms with Gasteiger partial charge in [0, 0.05) is 24.5 Å². The second-order valence-corrected chi connectivity index (χ2v) is 5.63. The summed E-state index contributed by atoms with van der Waals surface area (Å²) in [6.45, 7) is 0.453. The Balaban J connectivity index is 1.78. The standard InChI is InChI=1S/C12H17N3O3S/c16-10(17)12(4-1-2-5-12)15-11(18)14-6-3-9-13-7-8-19-9/h7-8H,1-6H2,(H,16,17)(H2,14,15,18). The van der Waals surface area contributed by atoms with Gasteiger partial charge in [-0.2, -0.15) is 0 Å². The first-order valence-electron chi connectivity index (χ1n) is 6.30. The number of thiazole rings is 1. The average Bonchev–Trinajstić information content (AvgIpc) is 3.00. The van der Waals surface area contributed by atoms with Crippen LogP contribution in [0.1, 0.15) is 30.7 Å². The van der Waals surface area contributed by atoms with Crippen LogP contribution in [0.2, 0.25) is 0 Å². The van der Waals surface area contributed by atoms with Crippen molar-refractivity contribution in [2.24, 2.45) is 0 Å². The molecule has 0 unspecified atom stereocenters. The molecule has 1 aliphatic rings. The van der Waals surface area contributed by atoms with E-state index in [2.05, 4.69) is 15.6 Å². The molecule has 1 aromatic heterocycles. The Labute approximate surface area is 115 Å². The van der Waals surface area contributed by atoms with Crippen molar-refractivity contribution in [1.29, 1.82) is 0 Å². The number of rotatable bonds is 5. The first-order valence-corrected chi connectivity index (χ1v) is 7.18. The Hall–Kier alpha value is -1.63. The van der Waals surface area contributed by atoms with Crippen LogP contribution in [0.4, 0.5) is 4.79 Å². The van der Waals surface area contributed by atoms with Crippen molar-refractivity contribution in [3.8, 4) is 0 Å². The van der Waals surface area contributed by atoms with Gasteiger partial charge in [0.1, 0.15) is 5.54 Å². The second kappa shape index (κ2) is 6.01. The fourth-order valence-electron chi connectivity index (χ4n) is 2.29. The molecule has 1 aliphatic carbocycles. The highest BCUT2D eigenvalue weighted by molar-refractivity contribution is 7.09. The van der Waals surface area contributed by atoms with Crippen LogP contribution in [-0.4, -0.2) is 34.2 Å². The molecular formula is C12H17N3O3S. The molecule has 104 valence electrons. The van der Waals surface area contributed by atoms with Gasteiger partial charge in [-0.05, 0) is 12.8 Å². The van der Waals surface area contributed by atoms with E-state index in [9.17, 15) is 14.7 Å². The molecule has 0 aliphatic heterocycles. The van der Waals surface area contributed by atoms with E-state index in [4.69, 9.17) is 0 Å². The zero-order chi connectivity index (χ0) is 13.7. The van der Waals surface area contributed by atoms with Gasteiger partial charge in [0.25, 0.3) is 0 Å². The van der Waals surface area contributed by atoms with Crippen molar-refractivity contribution in [1.82, 2.24) is 15.6 Å². The van der Waals surface area contributed by atoms with Crippen LogP contribution in [0.25, 0.3) is 0 Å². The SMILES string of the molecule is O=C(NCCc1nccs1)NC1(C(=O)O)CCCC1. The van der Waals surface area contributed by atoms with Crippen molar-refractivity contribution in [3.63, 3.8) is 0 Å². The van der Waals surface area contributed by atoms with Crippen LogP contribution in [0.3, 0.4) is 0 Å². The fraction of sp³-hybridized carbons (Fsp3) is 0.583. The van der Waals surface area contributed by atoms with Gasteiger partial charge in [0.15, 0.2) is 0 Å². The third-order valence-corrected chi connectivity index (χ3v) is 4.17. The summed E-state index contributed by atoms with van der Waals surface area (Å²) in [6.07, 6.45) is 5.06. The van der Waals surface area contributed by atoms with Crippen LogP contribution in [0.15, 0.2) is 11.6 Å². The number of urea groups is 1. The maximum Gasteiger partial charge on any atom is 0.329 e. The largest absolute Gasteiger partial charge is 0.480 e. The number of nitrogens with zero attached hydrogens (tertiary/aromatic N) is 1. The highest BCUT2D eigenvalue weighted by atomic mass is 32.1. The Bertz CT molecular complexity index is 441. The van der Waals surface area contributed by atoms with Gasteiger partial charge >= 0.3 is 12.0 Å². The zero-order valence-corrected chi connectivity index (χ0v) is 11.3. The van der Waals surface area contributed by atoms with E-state index in [0.29, 0.717) is 25.8 Å². The molecule has 19 heavy (non-hydrogen) atoms. The number of carboxylic acids is 1. The number of nitrogens with one attached hydrogen (secondary N) is 2. The van der Waals surface area contributed by atoms with Gasteiger partial charge in [-0.3, -0.25) is 0 Å². The van der Waals surface area contributed by atoms with E-state index >= 15 is 0 Å². The number of aliphatic carboxylic acids is 1. The van der Waals surface area contributed by atoms with E-state index in [1.165, 1.54) is 11.3 Å². The molecule has 0 radical (unpaired) electrons. The molecule has 0 saturated heterocycles. The molecule has 2 rings (SSSR count). The molecule has 0 spiro atoms. The number of carbonyl (C=O) groups is 2. The highest BCUT2D eigenvalue weighted by Gasteiger charge is 2.42. The summed E-state index contributed by atoms with van der Waals surface area (Å²) in [5.41, 5.74) is -1.08. The quantitative estimate of drug-likeness (QED) is 0.761. The van der Waals surface area contributed by atoms with Crippen LogP contribution in [-0.2, 0) is 11.2 Å². The van der Waals surface area contributed by atoms with Gasteiger partial charge in [-0.15, -0.1) is 11.3 Å². The molecule has 1 saturated carbocycles. The summed E-state index contributed by atoms with van der Waals surface area (Å²) in [7, 11) is 0. The molecule has 2 amide bonds. The third kappa shape index (κ3) is 3.44. The second-order valence-electron chi connectivity index (χ2n) is 4.65. The van der Waals surface area contributed by atoms with Crippen LogP contribution in [0.5, 0.6) is 0 Å². The lowest BCUT2D eigenvalue weighted by Gasteiger charge is -2.25. The summed E-state index contributed by atoms with van der Waals surface area (Å²) in [6, 6.07) is -0.416. The first-order chi connectivity index (χ1) is 9.12. The molecule has 1 fully saturated rings. The summed E-state index contributed by atoms with van der Waals surface area (Å²) >= 11 is 1.53. The van der Waals surface area contributed by atoms with Gasteiger partial charge in [-0.25, -0.2) is 14.6 Å². The predicted octanol–water partition coefficient (Wildman–Crippen LogP) is 1.38. The first kappa shape index (κ1) is 13.8. The van der Waals surface area contributed by atoms with Crippen LogP contribution >= 0.6 is 11.3 Å². The summed E-state index contributed by atoms with van der Waals surface area (Å²) in [5.74, 6) is -0.944. The topological polar surface area (TPSA) is 91.3 Å². The van der Waals surface area contributed by atoms with Gasteiger partial charge < -0.3 is 15.7 Å². The molecule has 3 N–H and O–H groups in total. The summed E-state index contributed by atoms with van der Waals surface area (Å²) in [5, 5.41) is 17.4. The Morgan fingerprint density at radius 1 is 1.42 bits per heavy atom.